The molecule has 8 atom stereocenters. The van der Waals surface area contributed by atoms with Crippen LogP contribution in [0.15, 0.2) is 27.6 Å². The normalized spacial score (nSPS) is 50.5. The first-order valence-electron chi connectivity index (χ1n) is 11.3. The standard InChI is InChI=1S/C24H34O4/c1-22-10-7-17(25)13-16(22)4-5-20-19(22)8-11-23(2)18(9-12-24(20,23)27)15-3-6-21(26)28-14-15/h3,6,14,16-20,25,27H,4-5,7-13H2,1-2H3/t16-,17-,18-,19+,20?,22+,23-,24+/m1/s1. The Morgan fingerprint density at radius 3 is 2.57 bits per heavy atom. The lowest BCUT2D eigenvalue weighted by Crippen LogP contribution is -2.62. The van der Waals surface area contributed by atoms with E-state index in [0.717, 1.165) is 56.9 Å². The summed E-state index contributed by atoms with van der Waals surface area (Å²) < 4.78 is 5.17. The van der Waals surface area contributed by atoms with Gasteiger partial charge in [-0.15, -0.1) is 0 Å². The minimum absolute atomic E-state index is 0.129. The second kappa shape index (κ2) is 6.18. The van der Waals surface area contributed by atoms with Crippen LogP contribution >= 0.6 is 0 Å². The third-order valence-electron chi connectivity index (χ3n) is 9.95. The molecule has 0 spiro atoms. The van der Waals surface area contributed by atoms with Gasteiger partial charge in [-0.25, -0.2) is 4.79 Å². The fraction of sp³-hybridized carbons (Fsp3) is 0.792. The molecule has 4 nitrogen and oxygen atoms in total. The van der Waals surface area contributed by atoms with Crippen molar-refractivity contribution in [2.75, 3.05) is 0 Å². The second-order valence-corrected chi connectivity index (χ2v) is 10.8. The topological polar surface area (TPSA) is 70.7 Å². The molecule has 2 N–H and O–H groups in total. The van der Waals surface area contributed by atoms with Crippen LogP contribution in [0.4, 0.5) is 0 Å². The van der Waals surface area contributed by atoms with E-state index in [4.69, 9.17) is 4.42 Å². The lowest BCUT2D eigenvalue weighted by molar-refractivity contribution is -0.205. The third-order valence-corrected chi connectivity index (χ3v) is 9.95. The Morgan fingerprint density at radius 2 is 1.82 bits per heavy atom. The van der Waals surface area contributed by atoms with Crippen molar-refractivity contribution in [1.82, 2.24) is 0 Å². The van der Waals surface area contributed by atoms with E-state index in [2.05, 4.69) is 13.8 Å². The van der Waals surface area contributed by atoms with E-state index in [1.807, 2.05) is 6.07 Å². The fourth-order valence-corrected chi connectivity index (χ4v) is 8.30. The number of hydrogen-bond donors (Lipinski definition) is 2. The van der Waals surface area contributed by atoms with Gasteiger partial charge in [0.25, 0.3) is 0 Å². The first kappa shape index (κ1) is 18.9. The Kier molecular flexibility index (Phi) is 4.17. The Morgan fingerprint density at radius 1 is 1.00 bits per heavy atom. The van der Waals surface area contributed by atoms with Crippen molar-refractivity contribution in [3.05, 3.63) is 34.4 Å². The zero-order chi connectivity index (χ0) is 19.7. The molecule has 1 aromatic rings. The van der Waals surface area contributed by atoms with Gasteiger partial charge >= 0.3 is 5.63 Å². The van der Waals surface area contributed by atoms with Crippen LogP contribution in [-0.4, -0.2) is 21.9 Å². The summed E-state index contributed by atoms with van der Waals surface area (Å²) in [7, 11) is 0. The zero-order valence-electron chi connectivity index (χ0n) is 17.2. The summed E-state index contributed by atoms with van der Waals surface area (Å²) in [4.78, 5) is 11.4. The van der Waals surface area contributed by atoms with Crippen LogP contribution in [0, 0.1) is 28.6 Å². The molecule has 4 aliphatic rings. The molecule has 0 bridgehead atoms. The number of rotatable bonds is 1. The van der Waals surface area contributed by atoms with Crippen LogP contribution in [-0.2, 0) is 0 Å². The molecule has 4 fully saturated rings. The predicted molar refractivity (Wildman–Crippen MR) is 107 cm³/mol. The van der Waals surface area contributed by atoms with E-state index in [0.29, 0.717) is 17.8 Å². The number of fused-ring (bicyclic) bond motifs is 5. The van der Waals surface area contributed by atoms with E-state index < -0.39 is 5.60 Å². The van der Waals surface area contributed by atoms with Crippen molar-refractivity contribution < 1.29 is 14.6 Å². The van der Waals surface area contributed by atoms with Gasteiger partial charge in [0.15, 0.2) is 0 Å². The molecule has 0 aliphatic heterocycles. The van der Waals surface area contributed by atoms with Crippen molar-refractivity contribution in [1.29, 1.82) is 0 Å². The molecule has 0 radical (unpaired) electrons. The van der Waals surface area contributed by atoms with Crippen LogP contribution in [0.1, 0.15) is 83.1 Å². The highest BCUT2D eigenvalue weighted by Gasteiger charge is 2.67. The molecular weight excluding hydrogens is 352 g/mol. The van der Waals surface area contributed by atoms with Crippen LogP contribution in [0.2, 0.25) is 0 Å². The molecule has 4 saturated carbocycles. The molecule has 1 heterocycles. The van der Waals surface area contributed by atoms with Gasteiger partial charge < -0.3 is 14.6 Å². The molecule has 0 amide bonds. The van der Waals surface area contributed by atoms with E-state index in [-0.39, 0.29) is 28.5 Å². The molecule has 28 heavy (non-hydrogen) atoms. The SMILES string of the molecule is C[C@]12CC[C@@H](O)C[C@H]1CCC1[C@@H]2CC[C@]2(C)[C@@H](c3ccc(=O)oc3)CC[C@]12O. The highest BCUT2D eigenvalue weighted by atomic mass is 16.4. The molecule has 1 unspecified atom stereocenters. The number of aliphatic hydroxyl groups excluding tert-OH is 1. The van der Waals surface area contributed by atoms with E-state index in [1.54, 1.807) is 6.26 Å². The number of hydrogen-bond acceptors (Lipinski definition) is 4. The Bertz CT molecular complexity index is 797. The first-order chi connectivity index (χ1) is 13.3. The summed E-state index contributed by atoms with van der Waals surface area (Å²) in [5, 5.41) is 22.4. The van der Waals surface area contributed by atoms with Crippen molar-refractivity contribution >= 4 is 0 Å². The third kappa shape index (κ3) is 2.40. The maximum Gasteiger partial charge on any atom is 0.335 e. The molecule has 5 rings (SSSR count). The average Bonchev–Trinajstić information content (AvgIpc) is 2.95. The van der Waals surface area contributed by atoms with Crippen molar-refractivity contribution in [3.63, 3.8) is 0 Å². The van der Waals surface area contributed by atoms with Crippen LogP contribution in [0.5, 0.6) is 0 Å². The molecular formula is C24H34O4. The van der Waals surface area contributed by atoms with Gasteiger partial charge in [-0.3, -0.25) is 0 Å². The fourth-order valence-electron chi connectivity index (χ4n) is 8.30. The summed E-state index contributed by atoms with van der Waals surface area (Å²) in [5.74, 6) is 1.76. The van der Waals surface area contributed by atoms with Gasteiger partial charge in [0.2, 0.25) is 0 Å². The average molecular weight is 387 g/mol. The predicted octanol–water partition coefficient (Wildman–Crippen LogP) is 4.24. The lowest BCUT2D eigenvalue weighted by atomic mass is 9.43. The van der Waals surface area contributed by atoms with Crippen molar-refractivity contribution in [2.45, 2.75) is 89.3 Å². The minimum atomic E-state index is -0.638. The largest absolute Gasteiger partial charge is 0.431 e. The first-order valence-corrected chi connectivity index (χ1v) is 11.3. The molecule has 4 aliphatic carbocycles. The van der Waals surface area contributed by atoms with E-state index in [1.165, 1.54) is 12.5 Å². The maximum atomic E-state index is 12.2. The Balaban J connectivity index is 1.48. The van der Waals surface area contributed by atoms with Crippen LogP contribution in [0.3, 0.4) is 0 Å². The monoisotopic (exact) mass is 386 g/mol. The lowest BCUT2D eigenvalue weighted by Gasteiger charge is -2.63. The van der Waals surface area contributed by atoms with Crippen LogP contribution in [0.25, 0.3) is 0 Å². The van der Waals surface area contributed by atoms with E-state index >= 15 is 0 Å². The molecule has 1 aromatic heterocycles. The van der Waals surface area contributed by atoms with Crippen molar-refractivity contribution in [3.8, 4) is 0 Å². The molecule has 154 valence electrons. The van der Waals surface area contributed by atoms with E-state index in [9.17, 15) is 15.0 Å². The highest BCUT2D eigenvalue weighted by Crippen LogP contribution is 2.70. The molecule has 0 saturated heterocycles. The summed E-state index contributed by atoms with van der Waals surface area (Å²) in [6, 6.07) is 3.42. The quantitative estimate of drug-likeness (QED) is 0.757. The second-order valence-electron chi connectivity index (χ2n) is 10.8. The van der Waals surface area contributed by atoms with Crippen LogP contribution < -0.4 is 5.63 Å². The highest BCUT2D eigenvalue weighted by molar-refractivity contribution is 5.27. The number of aliphatic hydroxyl groups is 2. The van der Waals surface area contributed by atoms with Gasteiger partial charge in [-0.05, 0) is 98.5 Å². The summed E-state index contributed by atoms with van der Waals surface area (Å²) >= 11 is 0. The Labute approximate surface area is 167 Å². The minimum Gasteiger partial charge on any atom is -0.431 e. The smallest absolute Gasteiger partial charge is 0.335 e. The van der Waals surface area contributed by atoms with Crippen molar-refractivity contribution in [2.24, 2.45) is 28.6 Å². The van der Waals surface area contributed by atoms with Gasteiger partial charge in [0, 0.05) is 11.5 Å². The summed E-state index contributed by atoms with van der Waals surface area (Å²) in [5.41, 5.74) is 0.219. The van der Waals surface area contributed by atoms with Gasteiger partial charge in [-0.2, -0.15) is 0 Å². The molecule has 0 aromatic carbocycles. The zero-order valence-corrected chi connectivity index (χ0v) is 17.2. The Hall–Kier alpha value is -1.13. The van der Waals surface area contributed by atoms with Gasteiger partial charge in [0.05, 0.1) is 18.0 Å². The summed E-state index contributed by atoms with van der Waals surface area (Å²) in [6.07, 6.45) is 10.7. The van der Waals surface area contributed by atoms with Gasteiger partial charge in [0.1, 0.15) is 0 Å². The summed E-state index contributed by atoms with van der Waals surface area (Å²) in [6.45, 7) is 4.73. The van der Waals surface area contributed by atoms with Gasteiger partial charge in [-0.1, -0.05) is 13.8 Å². The molecule has 4 heteroatoms. The maximum absolute atomic E-state index is 12.2.